The van der Waals surface area contributed by atoms with Crippen molar-refractivity contribution in [3.05, 3.63) is 71.4 Å². The zero-order chi connectivity index (χ0) is 20.3. The highest BCUT2D eigenvalue weighted by Crippen LogP contribution is 2.33. The van der Waals surface area contributed by atoms with E-state index in [2.05, 4.69) is 10.1 Å². The first kappa shape index (κ1) is 19.5. The highest BCUT2D eigenvalue weighted by atomic mass is 19.4. The van der Waals surface area contributed by atoms with Gasteiger partial charge in [-0.15, -0.1) is 0 Å². The summed E-state index contributed by atoms with van der Waals surface area (Å²) >= 11 is 0. The number of esters is 1. The number of alkyl halides is 3. The molecule has 3 rings (SSSR count). The minimum atomic E-state index is -4.47. The van der Waals surface area contributed by atoms with Crippen molar-refractivity contribution in [3.63, 3.8) is 0 Å². The van der Waals surface area contributed by atoms with Gasteiger partial charge in [-0.1, -0.05) is 24.3 Å². The Morgan fingerprint density at radius 2 is 1.89 bits per heavy atom. The zero-order valence-corrected chi connectivity index (χ0v) is 14.9. The van der Waals surface area contributed by atoms with Crippen molar-refractivity contribution in [1.82, 2.24) is 0 Å². The van der Waals surface area contributed by atoms with E-state index in [0.717, 1.165) is 12.1 Å². The molecule has 0 atom stereocenters. The first-order chi connectivity index (χ1) is 13.3. The van der Waals surface area contributed by atoms with Crippen LogP contribution in [-0.2, 0) is 27.0 Å². The fourth-order valence-electron chi connectivity index (χ4n) is 2.88. The number of anilines is 2. The third-order valence-electron chi connectivity index (χ3n) is 4.21. The molecule has 28 heavy (non-hydrogen) atoms. The summed E-state index contributed by atoms with van der Waals surface area (Å²) in [5.41, 5.74) is 0.968. The molecular formula is C20H17F3N2O3. The van der Waals surface area contributed by atoms with Gasteiger partial charge in [-0.3, -0.25) is 9.59 Å². The van der Waals surface area contributed by atoms with E-state index in [4.69, 9.17) is 0 Å². The zero-order valence-electron chi connectivity index (χ0n) is 14.9. The summed E-state index contributed by atoms with van der Waals surface area (Å²) < 4.78 is 43.6. The van der Waals surface area contributed by atoms with E-state index in [1.165, 1.54) is 30.2 Å². The molecular weight excluding hydrogens is 373 g/mol. The Kier molecular flexibility index (Phi) is 5.39. The second-order valence-electron chi connectivity index (χ2n) is 6.19. The van der Waals surface area contributed by atoms with E-state index in [1.807, 2.05) is 0 Å². The lowest BCUT2D eigenvalue weighted by Crippen LogP contribution is -2.28. The number of benzene rings is 2. The number of rotatable bonds is 4. The molecule has 146 valence electrons. The number of fused-ring (bicyclic) bond motifs is 1. The van der Waals surface area contributed by atoms with Crippen molar-refractivity contribution in [3.8, 4) is 0 Å². The summed E-state index contributed by atoms with van der Waals surface area (Å²) in [5, 5.41) is 3.02. The molecule has 1 N–H and O–H groups in total. The predicted octanol–water partition coefficient (Wildman–Crippen LogP) is 4.11. The molecule has 0 radical (unpaired) electrons. The molecule has 0 bridgehead atoms. The van der Waals surface area contributed by atoms with Crippen LogP contribution in [-0.4, -0.2) is 19.0 Å². The molecule has 1 heterocycles. The molecule has 0 saturated heterocycles. The molecule has 2 aromatic rings. The van der Waals surface area contributed by atoms with Crippen molar-refractivity contribution < 1.29 is 27.5 Å². The van der Waals surface area contributed by atoms with Crippen molar-refractivity contribution in [2.24, 2.45) is 0 Å². The smallest absolute Gasteiger partial charge is 0.416 e. The van der Waals surface area contributed by atoms with Gasteiger partial charge < -0.3 is 15.0 Å². The maximum absolute atomic E-state index is 13.0. The molecule has 2 aromatic carbocycles. The second-order valence-corrected chi connectivity index (χ2v) is 6.19. The summed E-state index contributed by atoms with van der Waals surface area (Å²) in [7, 11) is 1.25. The topological polar surface area (TPSA) is 58.6 Å². The van der Waals surface area contributed by atoms with Crippen molar-refractivity contribution in [2.75, 3.05) is 17.3 Å². The lowest BCUT2D eigenvalue weighted by Gasteiger charge is -2.23. The molecule has 0 aromatic heterocycles. The fourth-order valence-corrected chi connectivity index (χ4v) is 2.88. The lowest BCUT2D eigenvalue weighted by molar-refractivity contribution is -0.140. The molecule has 1 aliphatic rings. The van der Waals surface area contributed by atoms with E-state index in [1.54, 1.807) is 24.3 Å². The van der Waals surface area contributed by atoms with Gasteiger partial charge in [0.25, 0.3) is 5.91 Å². The van der Waals surface area contributed by atoms with Crippen molar-refractivity contribution in [1.29, 1.82) is 0 Å². The van der Waals surface area contributed by atoms with E-state index in [9.17, 15) is 22.8 Å². The number of para-hydroxylation sites is 2. The number of nitrogens with one attached hydrogen (secondary N) is 1. The third-order valence-corrected chi connectivity index (χ3v) is 4.21. The molecule has 1 aliphatic heterocycles. The van der Waals surface area contributed by atoms with Gasteiger partial charge in [0.2, 0.25) is 0 Å². The van der Waals surface area contributed by atoms with Gasteiger partial charge in [0.05, 0.1) is 37.0 Å². The molecule has 1 amide bonds. The molecule has 0 aliphatic carbocycles. The Hall–Kier alpha value is -3.29. The molecule has 0 fully saturated rings. The van der Waals surface area contributed by atoms with Crippen molar-refractivity contribution >= 4 is 23.3 Å². The average Bonchev–Trinajstić information content (AvgIpc) is 2.78. The van der Waals surface area contributed by atoms with Crippen LogP contribution in [0, 0.1) is 0 Å². The third kappa shape index (κ3) is 4.33. The van der Waals surface area contributed by atoms with Gasteiger partial charge in [-0.25, -0.2) is 0 Å². The van der Waals surface area contributed by atoms with Crippen LogP contribution in [0.5, 0.6) is 0 Å². The summed E-state index contributed by atoms with van der Waals surface area (Å²) in [6, 6.07) is 11.7. The van der Waals surface area contributed by atoms with Gasteiger partial charge in [-0.2, -0.15) is 13.2 Å². The number of amides is 1. The largest absolute Gasteiger partial charge is 0.469 e. The number of hydrogen-bond acceptors (Lipinski definition) is 4. The van der Waals surface area contributed by atoms with Gasteiger partial charge in [-0.05, 0) is 29.8 Å². The number of methoxy groups -OCH3 is 1. The van der Waals surface area contributed by atoms with Crippen LogP contribution in [0.2, 0.25) is 0 Å². The minimum Gasteiger partial charge on any atom is -0.469 e. The summed E-state index contributed by atoms with van der Waals surface area (Å²) in [6.45, 7) is -0.0521. The maximum Gasteiger partial charge on any atom is 0.416 e. The van der Waals surface area contributed by atoms with E-state index in [0.29, 0.717) is 22.6 Å². The van der Waals surface area contributed by atoms with E-state index < -0.39 is 23.6 Å². The van der Waals surface area contributed by atoms with Gasteiger partial charge >= 0.3 is 12.1 Å². The van der Waals surface area contributed by atoms with E-state index >= 15 is 0 Å². The Bertz CT molecular complexity index is 938. The Morgan fingerprint density at radius 1 is 1.14 bits per heavy atom. The van der Waals surface area contributed by atoms with Crippen LogP contribution in [0.15, 0.2) is 60.3 Å². The summed E-state index contributed by atoms with van der Waals surface area (Å²) in [6.07, 6.45) is -3.34. The molecule has 8 heteroatoms. The molecule has 0 spiro atoms. The van der Waals surface area contributed by atoms with E-state index in [-0.39, 0.29) is 13.0 Å². The van der Waals surface area contributed by atoms with Crippen LogP contribution in [0.25, 0.3) is 0 Å². The first-order valence-electron chi connectivity index (χ1n) is 8.39. The quantitative estimate of drug-likeness (QED) is 0.799. The Labute approximate surface area is 159 Å². The van der Waals surface area contributed by atoms with Gasteiger partial charge in [0.1, 0.15) is 0 Å². The average molecular weight is 390 g/mol. The first-order valence-corrected chi connectivity index (χ1v) is 8.39. The molecule has 5 nitrogen and oxygen atoms in total. The number of hydrogen-bond donors (Lipinski definition) is 1. The summed E-state index contributed by atoms with van der Waals surface area (Å²) in [5.74, 6) is -0.968. The minimum absolute atomic E-state index is 0.0521. The normalized spacial score (nSPS) is 13.9. The number of ether oxygens (including phenoxy) is 1. The monoisotopic (exact) mass is 390 g/mol. The fraction of sp³-hybridized carbons (Fsp3) is 0.200. The van der Waals surface area contributed by atoms with Crippen molar-refractivity contribution in [2.45, 2.75) is 19.1 Å². The number of carbonyl (C=O) groups is 2. The molecule has 0 saturated carbocycles. The highest BCUT2D eigenvalue weighted by molar-refractivity contribution is 6.06. The van der Waals surface area contributed by atoms with Crippen LogP contribution in [0.1, 0.15) is 17.5 Å². The van der Waals surface area contributed by atoms with Gasteiger partial charge in [0, 0.05) is 11.8 Å². The second kappa shape index (κ2) is 7.75. The SMILES string of the molecule is COC(=O)CC1=CC(=O)N(Cc2cccc(C(F)(F)F)c2)c2ccccc2N1. The molecule has 0 unspecified atom stereocenters. The number of nitrogens with zero attached hydrogens (tertiary/aromatic N) is 1. The number of carbonyl (C=O) groups excluding carboxylic acids is 2. The van der Waals surface area contributed by atoms with Crippen LogP contribution in [0.3, 0.4) is 0 Å². The summed E-state index contributed by atoms with van der Waals surface area (Å²) in [4.78, 5) is 25.7. The highest BCUT2D eigenvalue weighted by Gasteiger charge is 2.31. The maximum atomic E-state index is 13.0. The van der Waals surface area contributed by atoms with Crippen LogP contribution in [0.4, 0.5) is 24.5 Å². The van der Waals surface area contributed by atoms with Gasteiger partial charge in [0.15, 0.2) is 0 Å². The Balaban J connectivity index is 1.96. The van der Waals surface area contributed by atoms with Crippen LogP contribution < -0.4 is 10.2 Å². The number of halogens is 3. The predicted molar refractivity (Wildman–Crippen MR) is 97.4 cm³/mol. The Morgan fingerprint density at radius 3 is 2.61 bits per heavy atom. The standard InChI is InChI=1S/C20H17F3N2O3/c1-28-19(27)11-15-10-18(26)25(17-8-3-2-7-16(17)24-15)12-13-5-4-6-14(9-13)20(21,22)23/h2-10,24H,11-12H2,1H3. The lowest BCUT2D eigenvalue weighted by atomic mass is 10.1. The van der Waals surface area contributed by atoms with Crippen LogP contribution >= 0.6 is 0 Å².